The van der Waals surface area contributed by atoms with Crippen LogP contribution in [0.25, 0.3) is 0 Å². The Labute approximate surface area is 108 Å². The first-order valence-corrected chi connectivity index (χ1v) is 7.94. The fraction of sp³-hybridized carbons (Fsp3) is 0.538. The molecule has 1 aliphatic heterocycles. The number of benzene rings is 1. The summed E-state index contributed by atoms with van der Waals surface area (Å²) in [6.45, 7) is 2.46. The molecule has 18 heavy (non-hydrogen) atoms. The summed E-state index contributed by atoms with van der Waals surface area (Å²) >= 11 is 0. The molecule has 0 radical (unpaired) electrons. The number of sulfonamides is 1. The third-order valence-corrected chi connectivity index (χ3v) is 4.63. The van der Waals surface area contributed by atoms with Gasteiger partial charge in [0.25, 0.3) is 0 Å². The van der Waals surface area contributed by atoms with Crippen LogP contribution in [0.1, 0.15) is 31.4 Å². The molecular formula is C13H19NO3S. The van der Waals surface area contributed by atoms with Crippen LogP contribution in [0.4, 0.5) is 0 Å². The van der Waals surface area contributed by atoms with Crippen LogP contribution >= 0.6 is 0 Å². The number of ether oxygens (including phenoxy) is 1. The van der Waals surface area contributed by atoms with E-state index in [0.29, 0.717) is 13.0 Å². The van der Waals surface area contributed by atoms with Gasteiger partial charge < -0.3 is 4.74 Å². The molecule has 4 nitrogen and oxygen atoms in total. The van der Waals surface area contributed by atoms with Crippen molar-refractivity contribution < 1.29 is 13.2 Å². The highest BCUT2D eigenvalue weighted by Crippen LogP contribution is 2.29. The number of hydrogen-bond donors (Lipinski definition) is 1. The summed E-state index contributed by atoms with van der Waals surface area (Å²) in [6, 6.07) is 9.61. The minimum absolute atomic E-state index is 0.149. The Balaban J connectivity index is 2.09. The van der Waals surface area contributed by atoms with E-state index in [-0.39, 0.29) is 17.9 Å². The molecule has 1 aromatic carbocycles. The van der Waals surface area contributed by atoms with Crippen LogP contribution in [0, 0.1) is 0 Å². The maximum absolute atomic E-state index is 11.8. The van der Waals surface area contributed by atoms with Gasteiger partial charge in [-0.25, -0.2) is 13.1 Å². The standard InChI is InChI=1S/C13H19NO3S/c1-2-10-18(15,16)14-12-8-9-17-13(12)11-6-4-3-5-7-11/h3-7,12-14H,2,8-10H2,1H3. The third kappa shape index (κ3) is 3.31. The van der Waals surface area contributed by atoms with E-state index >= 15 is 0 Å². The molecule has 1 saturated heterocycles. The van der Waals surface area contributed by atoms with Gasteiger partial charge in [-0.1, -0.05) is 37.3 Å². The van der Waals surface area contributed by atoms with Gasteiger partial charge >= 0.3 is 0 Å². The van der Waals surface area contributed by atoms with Crippen molar-refractivity contribution >= 4 is 10.0 Å². The first kappa shape index (κ1) is 13.5. The topological polar surface area (TPSA) is 55.4 Å². The van der Waals surface area contributed by atoms with Gasteiger partial charge in [-0.2, -0.15) is 0 Å². The monoisotopic (exact) mass is 269 g/mol. The first-order valence-electron chi connectivity index (χ1n) is 6.29. The predicted octanol–water partition coefficient (Wildman–Crippen LogP) is 1.85. The molecule has 2 atom stereocenters. The van der Waals surface area contributed by atoms with Gasteiger partial charge in [0.1, 0.15) is 0 Å². The van der Waals surface area contributed by atoms with Crippen molar-refractivity contribution in [1.82, 2.24) is 4.72 Å². The van der Waals surface area contributed by atoms with E-state index in [9.17, 15) is 8.42 Å². The highest BCUT2D eigenvalue weighted by molar-refractivity contribution is 7.89. The summed E-state index contributed by atoms with van der Waals surface area (Å²) in [7, 11) is -3.19. The Morgan fingerprint density at radius 3 is 2.72 bits per heavy atom. The molecule has 2 rings (SSSR count). The second kappa shape index (κ2) is 5.82. The molecule has 1 N–H and O–H groups in total. The molecule has 0 aromatic heterocycles. The Morgan fingerprint density at radius 1 is 1.33 bits per heavy atom. The molecule has 5 heteroatoms. The lowest BCUT2D eigenvalue weighted by Crippen LogP contribution is -2.38. The fourth-order valence-electron chi connectivity index (χ4n) is 2.24. The van der Waals surface area contributed by atoms with Gasteiger partial charge in [0, 0.05) is 6.61 Å². The van der Waals surface area contributed by atoms with Crippen molar-refractivity contribution in [3.8, 4) is 0 Å². The quantitative estimate of drug-likeness (QED) is 0.887. The van der Waals surface area contributed by atoms with Crippen LogP contribution in [0.15, 0.2) is 30.3 Å². The minimum atomic E-state index is -3.19. The normalized spacial score (nSPS) is 24.3. The Kier molecular flexibility index (Phi) is 4.37. The van der Waals surface area contributed by atoms with E-state index in [4.69, 9.17) is 4.74 Å². The summed E-state index contributed by atoms with van der Waals surface area (Å²) in [6.07, 6.45) is 1.18. The van der Waals surface area contributed by atoms with E-state index in [1.165, 1.54) is 0 Å². The molecule has 0 bridgehead atoms. The molecule has 2 unspecified atom stereocenters. The SMILES string of the molecule is CCCS(=O)(=O)NC1CCOC1c1ccccc1. The van der Waals surface area contributed by atoms with Gasteiger partial charge in [-0.05, 0) is 18.4 Å². The second-order valence-corrected chi connectivity index (χ2v) is 6.41. The maximum atomic E-state index is 11.8. The van der Waals surface area contributed by atoms with Gasteiger partial charge in [0.15, 0.2) is 0 Å². The molecule has 1 aromatic rings. The van der Waals surface area contributed by atoms with Gasteiger partial charge in [-0.3, -0.25) is 0 Å². The molecule has 0 saturated carbocycles. The minimum Gasteiger partial charge on any atom is -0.372 e. The van der Waals surface area contributed by atoms with Crippen LogP contribution in [0.3, 0.4) is 0 Å². The van der Waals surface area contributed by atoms with Gasteiger partial charge in [0.2, 0.25) is 10.0 Å². The molecule has 0 spiro atoms. The van der Waals surface area contributed by atoms with Crippen molar-refractivity contribution in [3.05, 3.63) is 35.9 Å². The van der Waals surface area contributed by atoms with Gasteiger partial charge in [-0.15, -0.1) is 0 Å². The van der Waals surface area contributed by atoms with E-state index in [2.05, 4.69) is 4.72 Å². The van der Waals surface area contributed by atoms with Crippen LogP contribution in [-0.2, 0) is 14.8 Å². The largest absolute Gasteiger partial charge is 0.372 e. The lowest BCUT2D eigenvalue weighted by Gasteiger charge is -2.20. The predicted molar refractivity (Wildman–Crippen MR) is 70.8 cm³/mol. The maximum Gasteiger partial charge on any atom is 0.211 e. The Hall–Kier alpha value is -0.910. The average molecular weight is 269 g/mol. The molecule has 0 amide bonds. The fourth-order valence-corrected chi connectivity index (χ4v) is 3.60. The highest BCUT2D eigenvalue weighted by Gasteiger charge is 2.32. The number of rotatable bonds is 5. The summed E-state index contributed by atoms with van der Waals surface area (Å²) in [5, 5.41) is 0. The van der Waals surface area contributed by atoms with Crippen LogP contribution in [-0.4, -0.2) is 26.8 Å². The molecule has 1 heterocycles. The second-order valence-electron chi connectivity index (χ2n) is 4.53. The van der Waals surface area contributed by atoms with Crippen LogP contribution in [0.2, 0.25) is 0 Å². The summed E-state index contributed by atoms with van der Waals surface area (Å²) < 4.78 is 32.0. The van der Waals surface area contributed by atoms with E-state index in [0.717, 1.165) is 12.0 Å². The zero-order valence-electron chi connectivity index (χ0n) is 10.5. The Morgan fingerprint density at radius 2 is 2.06 bits per heavy atom. The van der Waals surface area contributed by atoms with Crippen molar-refractivity contribution in [3.63, 3.8) is 0 Å². The van der Waals surface area contributed by atoms with Crippen molar-refractivity contribution in [2.24, 2.45) is 0 Å². The van der Waals surface area contributed by atoms with E-state index in [1.807, 2.05) is 37.3 Å². The summed E-state index contributed by atoms with van der Waals surface area (Å²) in [4.78, 5) is 0. The molecule has 0 aliphatic carbocycles. The van der Waals surface area contributed by atoms with Crippen molar-refractivity contribution in [2.45, 2.75) is 31.9 Å². The number of nitrogens with one attached hydrogen (secondary N) is 1. The van der Waals surface area contributed by atoms with Crippen LogP contribution < -0.4 is 4.72 Å². The third-order valence-electron chi connectivity index (χ3n) is 3.02. The average Bonchev–Trinajstić information content (AvgIpc) is 2.77. The zero-order chi connectivity index (χ0) is 13.0. The lowest BCUT2D eigenvalue weighted by molar-refractivity contribution is 0.102. The smallest absolute Gasteiger partial charge is 0.211 e. The summed E-state index contributed by atoms with van der Waals surface area (Å²) in [5.41, 5.74) is 1.03. The molecule has 100 valence electrons. The zero-order valence-corrected chi connectivity index (χ0v) is 11.3. The Bertz CT molecular complexity index is 472. The highest BCUT2D eigenvalue weighted by atomic mass is 32.2. The lowest BCUT2D eigenvalue weighted by atomic mass is 10.0. The van der Waals surface area contributed by atoms with Crippen molar-refractivity contribution in [2.75, 3.05) is 12.4 Å². The van der Waals surface area contributed by atoms with Gasteiger partial charge in [0.05, 0.1) is 17.9 Å². The first-order chi connectivity index (χ1) is 8.62. The summed E-state index contributed by atoms with van der Waals surface area (Å²) in [5.74, 6) is 0.172. The molecule has 1 aliphatic rings. The van der Waals surface area contributed by atoms with E-state index in [1.54, 1.807) is 0 Å². The molecule has 1 fully saturated rings. The van der Waals surface area contributed by atoms with E-state index < -0.39 is 10.0 Å². The van der Waals surface area contributed by atoms with Crippen molar-refractivity contribution in [1.29, 1.82) is 0 Å². The molecular weight excluding hydrogens is 250 g/mol. The van der Waals surface area contributed by atoms with Crippen LogP contribution in [0.5, 0.6) is 0 Å². The number of hydrogen-bond acceptors (Lipinski definition) is 3.